The Kier molecular flexibility index (Phi) is 6.39. The molecule has 7 nitrogen and oxygen atoms in total. The van der Waals surface area contributed by atoms with E-state index in [0.29, 0.717) is 16.8 Å². The number of nitrogens with one attached hydrogen (secondary N) is 2. The van der Waals surface area contributed by atoms with Crippen molar-refractivity contribution < 1.29 is 4.79 Å². The molecule has 0 radical (unpaired) electrons. The molecule has 136 valence electrons. The highest BCUT2D eigenvalue weighted by Gasteiger charge is 2.21. The van der Waals surface area contributed by atoms with E-state index in [1.807, 2.05) is 11.9 Å². The van der Waals surface area contributed by atoms with Gasteiger partial charge in [-0.15, -0.1) is 12.4 Å². The van der Waals surface area contributed by atoms with Crippen LogP contribution < -0.4 is 16.4 Å². The highest BCUT2D eigenvalue weighted by molar-refractivity contribution is 5.85. The van der Waals surface area contributed by atoms with Gasteiger partial charge in [0.25, 0.3) is 11.1 Å². The molecule has 25 heavy (non-hydrogen) atoms. The average Bonchev–Trinajstić information content (AvgIpc) is 2.63. The van der Waals surface area contributed by atoms with Crippen LogP contribution in [0, 0.1) is 0 Å². The van der Waals surface area contributed by atoms with Crippen LogP contribution in [0.4, 0.5) is 0 Å². The molecule has 2 N–H and O–H groups in total. The highest BCUT2D eigenvalue weighted by Crippen LogP contribution is 2.11. The van der Waals surface area contributed by atoms with Gasteiger partial charge in [-0.05, 0) is 32.0 Å². The van der Waals surface area contributed by atoms with Crippen LogP contribution in [0.3, 0.4) is 0 Å². The first-order valence-electron chi connectivity index (χ1n) is 8.27. The summed E-state index contributed by atoms with van der Waals surface area (Å²) in [6.07, 6.45) is 2.09. The summed E-state index contributed by atoms with van der Waals surface area (Å²) in [7, 11) is 1.94. The number of benzene rings is 1. The number of rotatable bonds is 4. The second-order valence-corrected chi connectivity index (χ2v) is 6.14. The van der Waals surface area contributed by atoms with E-state index in [-0.39, 0.29) is 42.4 Å². The van der Waals surface area contributed by atoms with Crippen LogP contribution in [-0.4, -0.2) is 46.8 Å². The number of carbonyl (C=O) groups is 1. The Balaban J connectivity index is 0.00000225. The number of nitrogens with zero attached hydrogens (tertiary/aromatic N) is 2. The number of amides is 1. The lowest BCUT2D eigenvalue weighted by Crippen LogP contribution is -2.44. The number of H-pyrrole nitrogens is 1. The number of carbonyl (C=O) groups excluding carboxylic acids is 1. The number of aromatic nitrogens is 2. The van der Waals surface area contributed by atoms with Gasteiger partial charge in [-0.1, -0.05) is 12.1 Å². The second kappa shape index (κ2) is 8.31. The lowest BCUT2D eigenvalue weighted by molar-refractivity contribution is -0.132. The van der Waals surface area contributed by atoms with E-state index < -0.39 is 0 Å². The summed E-state index contributed by atoms with van der Waals surface area (Å²) in [5.41, 5.74) is -0.584. The van der Waals surface area contributed by atoms with Crippen molar-refractivity contribution in [2.45, 2.75) is 31.8 Å². The maximum absolute atomic E-state index is 12.4. The fourth-order valence-corrected chi connectivity index (χ4v) is 3.19. The first kappa shape index (κ1) is 19.2. The van der Waals surface area contributed by atoms with Gasteiger partial charge in [-0.25, -0.2) is 4.68 Å². The third-order valence-electron chi connectivity index (χ3n) is 4.69. The van der Waals surface area contributed by atoms with Crippen molar-refractivity contribution in [3.8, 4) is 0 Å². The predicted octanol–water partition coefficient (Wildman–Crippen LogP) is 0.712. The van der Waals surface area contributed by atoms with Crippen molar-refractivity contribution in [2.24, 2.45) is 0 Å². The van der Waals surface area contributed by atoms with Gasteiger partial charge in [0, 0.05) is 25.6 Å². The molecule has 1 aromatic heterocycles. The Morgan fingerprint density at radius 2 is 1.84 bits per heavy atom. The third-order valence-corrected chi connectivity index (χ3v) is 4.69. The maximum atomic E-state index is 12.4. The number of aryl methyl sites for hydroxylation is 1. The lowest BCUT2D eigenvalue weighted by Gasteiger charge is -2.31. The molecule has 1 fully saturated rings. The van der Waals surface area contributed by atoms with Crippen molar-refractivity contribution in [2.75, 3.05) is 20.1 Å². The molecular formula is C17H23ClN4O3. The molecule has 8 heteroatoms. The average molecular weight is 367 g/mol. The zero-order chi connectivity index (χ0) is 17.1. The van der Waals surface area contributed by atoms with Gasteiger partial charge in [0.05, 0.1) is 17.3 Å². The number of piperidine rings is 1. The number of likely N-dealkylation sites (tertiary alicyclic amines) is 1. The van der Waals surface area contributed by atoms with Gasteiger partial charge >= 0.3 is 0 Å². The maximum Gasteiger partial charge on any atom is 0.273 e. The third kappa shape index (κ3) is 4.11. The van der Waals surface area contributed by atoms with Crippen molar-refractivity contribution >= 4 is 29.1 Å². The van der Waals surface area contributed by atoms with Crippen molar-refractivity contribution in [3.63, 3.8) is 0 Å². The molecule has 0 atom stereocenters. The highest BCUT2D eigenvalue weighted by atomic mass is 35.5. The molecule has 1 aliphatic heterocycles. The molecule has 0 bridgehead atoms. The molecule has 0 unspecified atom stereocenters. The minimum absolute atomic E-state index is 0. The molecule has 1 amide bonds. The molecule has 1 aliphatic rings. The van der Waals surface area contributed by atoms with E-state index in [0.717, 1.165) is 25.9 Å². The normalized spacial score (nSPS) is 15.2. The molecule has 3 rings (SSSR count). The summed E-state index contributed by atoms with van der Waals surface area (Å²) in [4.78, 5) is 38.6. The Morgan fingerprint density at radius 3 is 2.48 bits per heavy atom. The Labute approximate surface area is 151 Å². The van der Waals surface area contributed by atoms with E-state index >= 15 is 0 Å². The second-order valence-electron chi connectivity index (χ2n) is 6.14. The largest absolute Gasteiger partial charge is 0.343 e. The number of hydrogen-bond acceptors (Lipinski definition) is 4. The summed E-state index contributed by atoms with van der Waals surface area (Å²) in [6.45, 7) is 1.64. The number of hydrogen-bond donors (Lipinski definition) is 2. The van der Waals surface area contributed by atoms with E-state index in [2.05, 4.69) is 10.4 Å². The van der Waals surface area contributed by atoms with Gasteiger partial charge in [0.15, 0.2) is 0 Å². The van der Waals surface area contributed by atoms with Crippen LogP contribution in [0.25, 0.3) is 10.8 Å². The summed E-state index contributed by atoms with van der Waals surface area (Å²) in [5, 5.41) is 6.54. The van der Waals surface area contributed by atoms with Crippen LogP contribution in [0.2, 0.25) is 0 Å². The quantitative estimate of drug-likeness (QED) is 0.834. The van der Waals surface area contributed by atoms with Gasteiger partial charge < -0.3 is 10.2 Å². The van der Waals surface area contributed by atoms with Gasteiger partial charge in [-0.2, -0.15) is 0 Å². The van der Waals surface area contributed by atoms with Crippen molar-refractivity contribution in [1.82, 2.24) is 20.0 Å². The summed E-state index contributed by atoms with van der Waals surface area (Å²) >= 11 is 0. The zero-order valence-corrected chi connectivity index (χ0v) is 15.0. The Bertz CT molecular complexity index is 853. The fraction of sp³-hybridized carbons (Fsp3) is 0.471. The van der Waals surface area contributed by atoms with Gasteiger partial charge in [-0.3, -0.25) is 19.5 Å². The smallest absolute Gasteiger partial charge is 0.273 e. The molecule has 2 aromatic rings. The van der Waals surface area contributed by atoms with Crippen LogP contribution in [0.15, 0.2) is 33.9 Å². The summed E-state index contributed by atoms with van der Waals surface area (Å²) < 4.78 is 1.24. The molecular weight excluding hydrogens is 344 g/mol. The Morgan fingerprint density at radius 1 is 1.20 bits per heavy atom. The van der Waals surface area contributed by atoms with Crippen LogP contribution in [0.5, 0.6) is 0 Å². The minimum atomic E-state index is -0.313. The molecule has 1 saturated heterocycles. The zero-order valence-electron chi connectivity index (χ0n) is 14.2. The summed E-state index contributed by atoms with van der Waals surface area (Å²) in [5.74, 6) is 0.0189. The first-order chi connectivity index (χ1) is 11.6. The molecule has 0 spiro atoms. The van der Waals surface area contributed by atoms with Gasteiger partial charge in [0.2, 0.25) is 5.91 Å². The van der Waals surface area contributed by atoms with Crippen LogP contribution in [-0.2, 0) is 11.3 Å². The van der Waals surface area contributed by atoms with Crippen molar-refractivity contribution in [3.05, 3.63) is 45.0 Å². The van der Waals surface area contributed by atoms with Crippen LogP contribution in [0.1, 0.15) is 19.3 Å². The fourth-order valence-electron chi connectivity index (χ4n) is 3.19. The van der Waals surface area contributed by atoms with E-state index in [9.17, 15) is 14.4 Å². The number of halogens is 1. The molecule has 0 saturated carbocycles. The molecule has 0 aliphatic carbocycles. The molecule has 1 aromatic carbocycles. The molecule has 2 heterocycles. The lowest BCUT2D eigenvalue weighted by atomic mass is 10.1. The van der Waals surface area contributed by atoms with E-state index in [4.69, 9.17) is 0 Å². The number of aromatic amines is 1. The topological polar surface area (TPSA) is 87.2 Å². The van der Waals surface area contributed by atoms with E-state index in [1.165, 1.54) is 4.68 Å². The summed E-state index contributed by atoms with van der Waals surface area (Å²) in [6, 6.07) is 7.17. The monoisotopic (exact) mass is 366 g/mol. The van der Waals surface area contributed by atoms with Crippen molar-refractivity contribution in [1.29, 1.82) is 0 Å². The number of fused-ring (bicyclic) bond motifs is 1. The first-order valence-corrected chi connectivity index (χ1v) is 8.27. The predicted molar refractivity (Wildman–Crippen MR) is 99.4 cm³/mol. The standard InChI is InChI=1S/C17H22N4O3.ClH/c1-18-12-6-9-20(10-7-12)15(22)8-11-21-17(24)14-5-3-2-4-13(14)16(23)19-21;/h2-5,12,18H,6-11H2,1H3,(H,19,23);1H. The SMILES string of the molecule is CNC1CCN(C(=O)CCn2[nH]c(=O)c3ccccc3c2=O)CC1.Cl. The van der Waals surface area contributed by atoms with Gasteiger partial charge in [0.1, 0.15) is 0 Å². The van der Waals surface area contributed by atoms with E-state index in [1.54, 1.807) is 24.3 Å². The minimum Gasteiger partial charge on any atom is -0.343 e. The Hall–Kier alpha value is -2.12. The van der Waals surface area contributed by atoms with Crippen LogP contribution >= 0.6 is 12.4 Å².